The lowest BCUT2D eigenvalue weighted by molar-refractivity contribution is 0.417. The zero-order chi connectivity index (χ0) is 16.4. The quantitative estimate of drug-likeness (QED) is 0.876. The van der Waals surface area contributed by atoms with Crippen LogP contribution in [0.5, 0.6) is 0 Å². The van der Waals surface area contributed by atoms with Gasteiger partial charge in [-0.3, -0.25) is 0 Å². The average molecular weight is 327 g/mol. The first-order valence-corrected chi connectivity index (χ1v) is 8.89. The summed E-state index contributed by atoms with van der Waals surface area (Å²) >= 11 is 0. The molecule has 0 saturated carbocycles. The van der Waals surface area contributed by atoms with Crippen molar-refractivity contribution in [3.05, 3.63) is 53.6 Å². The summed E-state index contributed by atoms with van der Waals surface area (Å²) in [6, 6.07) is 12.8. The number of sulfonamides is 1. The summed E-state index contributed by atoms with van der Waals surface area (Å²) in [6.07, 6.45) is 2.16. The molecule has 0 aromatic heterocycles. The average Bonchev–Trinajstić information content (AvgIpc) is 2.98. The minimum absolute atomic E-state index is 0.269. The Morgan fingerprint density at radius 3 is 2.61 bits per heavy atom. The van der Waals surface area contributed by atoms with Gasteiger partial charge >= 0.3 is 0 Å². The van der Waals surface area contributed by atoms with E-state index in [1.807, 2.05) is 30.3 Å². The number of rotatable bonds is 4. The number of fused-ring (bicyclic) bond motifs is 1. The van der Waals surface area contributed by atoms with Crippen LogP contribution in [0.25, 0.3) is 11.1 Å². The lowest BCUT2D eigenvalue weighted by atomic mass is 9.97. The van der Waals surface area contributed by atoms with Crippen LogP contribution in [0.1, 0.15) is 18.1 Å². The molecule has 2 aromatic rings. The zero-order valence-corrected chi connectivity index (χ0v) is 13.6. The number of benzene rings is 2. The number of nitriles is 1. The molecule has 5 nitrogen and oxygen atoms in total. The highest BCUT2D eigenvalue weighted by atomic mass is 32.2. The molecule has 2 aromatic carbocycles. The van der Waals surface area contributed by atoms with Crippen molar-refractivity contribution >= 4 is 10.0 Å². The Hall–Kier alpha value is -2.36. The third kappa shape index (κ3) is 2.81. The molecule has 0 saturated heterocycles. The maximum atomic E-state index is 12.5. The fourth-order valence-electron chi connectivity index (χ4n) is 2.94. The first-order chi connectivity index (χ1) is 11.1. The van der Waals surface area contributed by atoms with Gasteiger partial charge in [-0.2, -0.15) is 5.26 Å². The SMILES string of the molecule is CCNS(=O)(=O)c1ccccc1-c1cccc2c1CN(C#N)C2. The smallest absolute Gasteiger partial charge is 0.241 e. The van der Waals surface area contributed by atoms with Gasteiger partial charge in [0.25, 0.3) is 0 Å². The van der Waals surface area contributed by atoms with E-state index < -0.39 is 10.0 Å². The number of hydrogen-bond donors (Lipinski definition) is 1. The van der Waals surface area contributed by atoms with Crippen LogP contribution in [0.3, 0.4) is 0 Å². The first-order valence-electron chi connectivity index (χ1n) is 7.41. The van der Waals surface area contributed by atoms with Gasteiger partial charge in [0.05, 0.1) is 18.0 Å². The van der Waals surface area contributed by atoms with E-state index in [1.165, 1.54) is 0 Å². The minimum atomic E-state index is -3.55. The first kappa shape index (κ1) is 15.5. The van der Waals surface area contributed by atoms with Gasteiger partial charge < -0.3 is 4.90 Å². The Bertz CT molecular complexity index is 885. The zero-order valence-electron chi connectivity index (χ0n) is 12.8. The Balaban J connectivity index is 2.17. The van der Waals surface area contributed by atoms with Crippen molar-refractivity contribution in [1.29, 1.82) is 5.26 Å². The molecule has 0 atom stereocenters. The molecule has 0 amide bonds. The Morgan fingerprint density at radius 1 is 1.13 bits per heavy atom. The second-order valence-corrected chi connectivity index (χ2v) is 7.13. The van der Waals surface area contributed by atoms with Crippen LogP contribution >= 0.6 is 0 Å². The molecule has 1 heterocycles. The second-order valence-electron chi connectivity index (χ2n) is 5.40. The third-order valence-electron chi connectivity index (χ3n) is 3.93. The third-order valence-corrected chi connectivity index (χ3v) is 5.53. The van der Waals surface area contributed by atoms with E-state index in [9.17, 15) is 8.42 Å². The summed E-state index contributed by atoms with van der Waals surface area (Å²) in [4.78, 5) is 1.93. The molecular weight excluding hydrogens is 310 g/mol. The van der Waals surface area contributed by atoms with Crippen molar-refractivity contribution in [2.45, 2.75) is 24.9 Å². The molecular formula is C17H17N3O2S. The van der Waals surface area contributed by atoms with Gasteiger partial charge in [0.1, 0.15) is 0 Å². The van der Waals surface area contributed by atoms with E-state index in [1.54, 1.807) is 24.0 Å². The summed E-state index contributed by atoms with van der Waals surface area (Å²) < 4.78 is 27.5. The molecule has 0 fully saturated rings. The van der Waals surface area contributed by atoms with Gasteiger partial charge in [-0.15, -0.1) is 0 Å². The molecule has 23 heavy (non-hydrogen) atoms. The molecule has 118 valence electrons. The van der Waals surface area contributed by atoms with Gasteiger partial charge in [0, 0.05) is 12.1 Å². The van der Waals surface area contributed by atoms with Gasteiger partial charge in [-0.25, -0.2) is 13.1 Å². The molecule has 3 rings (SSSR count). The molecule has 1 aliphatic rings. The molecule has 0 aliphatic carbocycles. The van der Waals surface area contributed by atoms with Crippen molar-refractivity contribution < 1.29 is 8.42 Å². The van der Waals surface area contributed by atoms with Crippen LogP contribution in [0.15, 0.2) is 47.4 Å². The second kappa shape index (κ2) is 6.03. The Morgan fingerprint density at radius 2 is 1.87 bits per heavy atom. The standard InChI is InChI=1S/C17H17N3O2S/c1-2-19-23(21,22)17-9-4-3-7-15(17)14-8-5-6-13-10-20(12-18)11-16(13)14/h3-9,19H,2,10-11H2,1H3. The highest BCUT2D eigenvalue weighted by Gasteiger charge is 2.24. The molecule has 0 unspecified atom stereocenters. The summed E-state index contributed by atoms with van der Waals surface area (Å²) in [5.41, 5.74) is 3.63. The van der Waals surface area contributed by atoms with E-state index in [0.29, 0.717) is 25.2 Å². The summed E-state index contributed by atoms with van der Waals surface area (Å²) in [6.45, 7) is 3.18. The van der Waals surface area contributed by atoms with Crippen molar-refractivity contribution in [3.63, 3.8) is 0 Å². The summed E-state index contributed by atoms with van der Waals surface area (Å²) in [7, 11) is -3.55. The van der Waals surface area contributed by atoms with E-state index in [0.717, 1.165) is 16.7 Å². The normalized spacial score (nSPS) is 13.7. The largest absolute Gasteiger partial charge is 0.302 e. The monoisotopic (exact) mass is 327 g/mol. The van der Waals surface area contributed by atoms with E-state index >= 15 is 0 Å². The summed E-state index contributed by atoms with van der Waals surface area (Å²) in [5, 5.41) is 9.12. The topological polar surface area (TPSA) is 73.2 Å². The fourth-order valence-corrected chi connectivity index (χ4v) is 4.20. The number of hydrogen-bond acceptors (Lipinski definition) is 4. The molecule has 0 bridgehead atoms. The lowest BCUT2D eigenvalue weighted by Crippen LogP contribution is -2.23. The van der Waals surface area contributed by atoms with Crippen molar-refractivity contribution in [3.8, 4) is 17.3 Å². The van der Waals surface area contributed by atoms with Crippen LogP contribution in [-0.2, 0) is 23.1 Å². The predicted molar refractivity (Wildman–Crippen MR) is 87.6 cm³/mol. The molecule has 6 heteroatoms. The van der Waals surface area contributed by atoms with E-state index in [-0.39, 0.29) is 4.90 Å². The van der Waals surface area contributed by atoms with E-state index in [2.05, 4.69) is 10.9 Å². The number of nitrogens with zero attached hydrogens (tertiary/aromatic N) is 2. The molecule has 1 N–H and O–H groups in total. The van der Waals surface area contributed by atoms with Crippen LogP contribution in [0, 0.1) is 11.5 Å². The highest BCUT2D eigenvalue weighted by molar-refractivity contribution is 7.89. The van der Waals surface area contributed by atoms with Crippen LogP contribution in [-0.4, -0.2) is 19.9 Å². The minimum Gasteiger partial charge on any atom is -0.302 e. The molecule has 0 spiro atoms. The maximum absolute atomic E-state index is 12.5. The van der Waals surface area contributed by atoms with Gasteiger partial charge in [0.2, 0.25) is 10.0 Å². The Kier molecular flexibility index (Phi) is 4.07. The maximum Gasteiger partial charge on any atom is 0.241 e. The van der Waals surface area contributed by atoms with Crippen molar-refractivity contribution in [2.75, 3.05) is 6.54 Å². The van der Waals surface area contributed by atoms with Crippen molar-refractivity contribution in [2.24, 2.45) is 0 Å². The molecule has 1 aliphatic heterocycles. The number of nitrogens with one attached hydrogen (secondary N) is 1. The van der Waals surface area contributed by atoms with Gasteiger partial charge in [-0.05, 0) is 22.8 Å². The summed E-state index contributed by atoms with van der Waals surface area (Å²) in [5.74, 6) is 0. The van der Waals surface area contributed by atoms with Crippen LogP contribution in [0.4, 0.5) is 0 Å². The highest BCUT2D eigenvalue weighted by Crippen LogP contribution is 2.35. The Labute approximate surface area is 136 Å². The van der Waals surface area contributed by atoms with Gasteiger partial charge in [-0.1, -0.05) is 43.3 Å². The van der Waals surface area contributed by atoms with Crippen molar-refractivity contribution in [1.82, 2.24) is 9.62 Å². The van der Waals surface area contributed by atoms with Crippen LogP contribution < -0.4 is 4.72 Å². The lowest BCUT2D eigenvalue weighted by Gasteiger charge is -2.13. The van der Waals surface area contributed by atoms with E-state index in [4.69, 9.17) is 5.26 Å². The van der Waals surface area contributed by atoms with Gasteiger partial charge in [0.15, 0.2) is 6.19 Å². The fraction of sp³-hybridized carbons (Fsp3) is 0.235. The van der Waals surface area contributed by atoms with Crippen LogP contribution in [0.2, 0.25) is 0 Å². The molecule has 0 radical (unpaired) electrons. The predicted octanol–water partition coefficient (Wildman–Crippen LogP) is 2.45.